The Morgan fingerprint density at radius 1 is 1.29 bits per heavy atom. The van der Waals surface area contributed by atoms with Crippen LogP contribution in [0.5, 0.6) is 0 Å². The van der Waals surface area contributed by atoms with E-state index in [0.29, 0.717) is 0 Å². The SMILES string of the molecule is CO[C@](C(=O)N1C[C@@H](C)NC(C)(C)C1)(c1ccccc1)C(F)(F)F. The Kier molecular flexibility index (Phi) is 4.97. The van der Waals surface area contributed by atoms with E-state index in [1.54, 1.807) is 6.07 Å². The fourth-order valence-electron chi connectivity index (χ4n) is 3.41. The summed E-state index contributed by atoms with van der Waals surface area (Å²) < 4.78 is 46.8. The van der Waals surface area contributed by atoms with Crippen molar-refractivity contribution in [2.45, 2.75) is 44.1 Å². The van der Waals surface area contributed by atoms with E-state index < -0.39 is 23.2 Å². The number of carbonyl (C=O) groups excluding carboxylic acids is 1. The van der Waals surface area contributed by atoms with Gasteiger partial charge < -0.3 is 15.0 Å². The van der Waals surface area contributed by atoms with E-state index in [1.165, 1.54) is 29.2 Å². The highest BCUT2D eigenvalue weighted by Gasteiger charge is 2.64. The van der Waals surface area contributed by atoms with Gasteiger partial charge in [-0.1, -0.05) is 30.3 Å². The summed E-state index contributed by atoms with van der Waals surface area (Å²) >= 11 is 0. The third-order valence-corrected chi connectivity index (χ3v) is 4.19. The summed E-state index contributed by atoms with van der Waals surface area (Å²) in [7, 11) is 0.926. The van der Waals surface area contributed by atoms with Gasteiger partial charge >= 0.3 is 6.18 Å². The van der Waals surface area contributed by atoms with Gasteiger partial charge in [-0.2, -0.15) is 13.2 Å². The van der Waals surface area contributed by atoms with Crippen molar-refractivity contribution in [3.05, 3.63) is 35.9 Å². The molecule has 4 nitrogen and oxygen atoms in total. The highest BCUT2D eigenvalue weighted by atomic mass is 19.4. The standard InChI is InChI=1S/C17H23F3N2O2/c1-12-10-22(11-15(2,3)21-12)14(23)16(24-4,17(18,19)20)13-8-6-5-7-9-13/h5-9,12,21H,10-11H2,1-4H3/t12-,16+/m1/s1. The molecule has 0 radical (unpaired) electrons. The number of ether oxygens (including phenoxy) is 1. The number of piperazine rings is 1. The van der Waals surface area contributed by atoms with Crippen molar-refractivity contribution in [2.75, 3.05) is 20.2 Å². The number of nitrogens with zero attached hydrogens (tertiary/aromatic N) is 1. The molecule has 1 aromatic carbocycles. The lowest BCUT2D eigenvalue weighted by molar-refractivity contribution is -0.271. The molecule has 2 rings (SSSR count). The number of amides is 1. The average molecular weight is 344 g/mol. The fraction of sp³-hybridized carbons (Fsp3) is 0.588. The molecule has 1 fully saturated rings. The molecule has 1 saturated heterocycles. The van der Waals surface area contributed by atoms with Crippen LogP contribution in [0.2, 0.25) is 0 Å². The Bertz CT molecular complexity index is 589. The minimum atomic E-state index is -4.88. The molecular weight excluding hydrogens is 321 g/mol. The Labute approximate surface area is 140 Å². The molecule has 0 spiro atoms. The summed E-state index contributed by atoms with van der Waals surface area (Å²) in [4.78, 5) is 14.2. The number of hydrogen-bond donors (Lipinski definition) is 1. The van der Waals surface area contributed by atoms with Crippen LogP contribution in [0.4, 0.5) is 13.2 Å². The molecule has 0 aromatic heterocycles. The number of carbonyl (C=O) groups is 1. The molecule has 1 amide bonds. The molecule has 0 aliphatic carbocycles. The van der Waals surface area contributed by atoms with Gasteiger partial charge in [-0.05, 0) is 20.8 Å². The van der Waals surface area contributed by atoms with Crippen molar-refractivity contribution in [1.29, 1.82) is 0 Å². The smallest absolute Gasteiger partial charge is 0.356 e. The summed E-state index contributed by atoms with van der Waals surface area (Å²) in [6.07, 6.45) is -4.88. The second-order valence-corrected chi connectivity index (χ2v) is 6.86. The van der Waals surface area contributed by atoms with Gasteiger partial charge in [0.2, 0.25) is 0 Å². The van der Waals surface area contributed by atoms with Gasteiger partial charge in [0.15, 0.2) is 0 Å². The van der Waals surface area contributed by atoms with Crippen LogP contribution in [-0.4, -0.2) is 48.8 Å². The minimum absolute atomic E-state index is 0.115. The average Bonchev–Trinajstić information content (AvgIpc) is 2.46. The van der Waals surface area contributed by atoms with Gasteiger partial charge in [-0.15, -0.1) is 0 Å². The van der Waals surface area contributed by atoms with Crippen LogP contribution in [0.1, 0.15) is 26.3 Å². The van der Waals surface area contributed by atoms with Gasteiger partial charge in [0.05, 0.1) is 0 Å². The first kappa shape index (κ1) is 18.7. The van der Waals surface area contributed by atoms with Gasteiger partial charge in [0.25, 0.3) is 11.5 Å². The summed E-state index contributed by atoms with van der Waals surface area (Å²) in [5, 5.41) is 3.27. The Morgan fingerprint density at radius 3 is 2.33 bits per heavy atom. The second kappa shape index (κ2) is 6.37. The molecular formula is C17H23F3N2O2. The van der Waals surface area contributed by atoms with Crippen LogP contribution in [0.3, 0.4) is 0 Å². The number of alkyl halides is 3. The maximum atomic E-state index is 14.0. The first-order valence-corrected chi connectivity index (χ1v) is 7.78. The summed E-state index contributed by atoms with van der Waals surface area (Å²) in [5.41, 5.74) is -3.69. The molecule has 1 aliphatic rings. The Balaban J connectivity index is 2.50. The van der Waals surface area contributed by atoms with Crippen LogP contribution in [0.25, 0.3) is 0 Å². The zero-order valence-corrected chi connectivity index (χ0v) is 14.3. The third-order valence-electron chi connectivity index (χ3n) is 4.19. The number of rotatable bonds is 3. The van der Waals surface area contributed by atoms with Crippen LogP contribution in [0.15, 0.2) is 30.3 Å². The predicted molar refractivity (Wildman–Crippen MR) is 84.4 cm³/mol. The normalized spacial score (nSPS) is 23.6. The molecule has 1 aromatic rings. The molecule has 134 valence electrons. The number of benzene rings is 1. The van der Waals surface area contributed by atoms with E-state index in [1.807, 2.05) is 20.8 Å². The Hall–Kier alpha value is -1.60. The van der Waals surface area contributed by atoms with Gasteiger partial charge in [0.1, 0.15) is 0 Å². The zero-order chi connectivity index (χ0) is 18.2. The van der Waals surface area contributed by atoms with E-state index in [0.717, 1.165) is 7.11 Å². The summed E-state index contributed by atoms with van der Waals surface area (Å²) in [6.45, 7) is 5.91. The number of hydrogen-bond acceptors (Lipinski definition) is 3. The third kappa shape index (κ3) is 3.28. The van der Waals surface area contributed by atoms with E-state index >= 15 is 0 Å². The van der Waals surface area contributed by atoms with Crippen molar-refractivity contribution < 1.29 is 22.7 Å². The maximum Gasteiger partial charge on any atom is 0.430 e. The molecule has 1 heterocycles. The van der Waals surface area contributed by atoms with E-state index in [-0.39, 0.29) is 24.7 Å². The lowest BCUT2D eigenvalue weighted by Gasteiger charge is -2.46. The first-order chi connectivity index (χ1) is 11.0. The molecule has 0 unspecified atom stereocenters. The van der Waals surface area contributed by atoms with Crippen molar-refractivity contribution in [3.8, 4) is 0 Å². The zero-order valence-electron chi connectivity index (χ0n) is 14.3. The fourth-order valence-corrected chi connectivity index (χ4v) is 3.41. The highest BCUT2D eigenvalue weighted by Crippen LogP contribution is 2.43. The molecule has 0 bridgehead atoms. The number of halogens is 3. The van der Waals surface area contributed by atoms with Gasteiger partial charge in [-0.3, -0.25) is 4.79 Å². The monoisotopic (exact) mass is 344 g/mol. The molecule has 7 heteroatoms. The maximum absolute atomic E-state index is 14.0. The van der Waals surface area contributed by atoms with E-state index in [2.05, 4.69) is 5.32 Å². The second-order valence-electron chi connectivity index (χ2n) is 6.86. The van der Waals surface area contributed by atoms with E-state index in [9.17, 15) is 18.0 Å². The first-order valence-electron chi connectivity index (χ1n) is 7.78. The summed E-state index contributed by atoms with van der Waals surface area (Å²) in [5.74, 6) is -1.08. The molecule has 24 heavy (non-hydrogen) atoms. The van der Waals surface area contributed by atoms with Crippen molar-refractivity contribution in [2.24, 2.45) is 0 Å². The quantitative estimate of drug-likeness (QED) is 0.917. The summed E-state index contributed by atoms with van der Waals surface area (Å²) in [6, 6.07) is 6.95. The van der Waals surface area contributed by atoms with Gasteiger partial charge in [-0.25, -0.2) is 0 Å². The molecule has 1 aliphatic heterocycles. The van der Waals surface area contributed by atoms with Crippen molar-refractivity contribution in [1.82, 2.24) is 10.2 Å². The number of nitrogens with one attached hydrogen (secondary N) is 1. The minimum Gasteiger partial charge on any atom is -0.356 e. The Morgan fingerprint density at radius 2 is 1.88 bits per heavy atom. The molecule has 2 atom stereocenters. The van der Waals surface area contributed by atoms with Crippen molar-refractivity contribution in [3.63, 3.8) is 0 Å². The lowest BCUT2D eigenvalue weighted by Crippen LogP contribution is -2.66. The van der Waals surface area contributed by atoms with Crippen LogP contribution < -0.4 is 5.32 Å². The lowest BCUT2D eigenvalue weighted by atomic mass is 9.89. The molecule has 0 saturated carbocycles. The topological polar surface area (TPSA) is 41.6 Å². The van der Waals surface area contributed by atoms with Crippen LogP contribution in [-0.2, 0) is 15.1 Å². The van der Waals surface area contributed by atoms with E-state index in [4.69, 9.17) is 4.74 Å². The molecule has 1 N–H and O–H groups in total. The van der Waals surface area contributed by atoms with Crippen molar-refractivity contribution >= 4 is 5.91 Å². The van der Waals surface area contributed by atoms with Crippen LogP contribution >= 0.6 is 0 Å². The van der Waals surface area contributed by atoms with Gasteiger partial charge in [0, 0.05) is 37.3 Å². The largest absolute Gasteiger partial charge is 0.430 e. The number of methoxy groups -OCH3 is 1. The highest BCUT2D eigenvalue weighted by molar-refractivity contribution is 5.88. The van der Waals surface area contributed by atoms with Crippen LogP contribution in [0, 0.1) is 0 Å². The predicted octanol–water partition coefficient (Wildman–Crippen LogP) is 2.69.